The number of para-hydroxylation sites is 1. The number of hydrogen-bond acceptors (Lipinski definition) is 3. The van der Waals surface area contributed by atoms with Crippen LogP contribution in [0.2, 0.25) is 5.02 Å². The Hall–Kier alpha value is -3.34. The minimum Gasteiger partial charge on any atom is -0.312 e. The van der Waals surface area contributed by atoms with Gasteiger partial charge in [-0.05, 0) is 47.5 Å². The van der Waals surface area contributed by atoms with E-state index < -0.39 is 0 Å². The van der Waals surface area contributed by atoms with E-state index >= 15 is 0 Å². The molecule has 0 aliphatic carbocycles. The molecule has 1 aliphatic heterocycles. The van der Waals surface area contributed by atoms with Crippen LogP contribution in [-0.2, 0) is 0 Å². The Bertz CT molecular complexity index is 1260. The van der Waals surface area contributed by atoms with Crippen molar-refractivity contribution in [1.29, 1.82) is 5.41 Å². The third-order valence-electron chi connectivity index (χ3n) is 5.61. The highest BCUT2D eigenvalue weighted by atomic mass is 35.5. The molecule has 4 aromatic carbocycles. The molecule has 0 bridgehead atoms. The van der Waals surface area contributed by atoms with Gasteiger partial charge in [0.2, 0.25) is 0 Å². The third kappa shape index (κ3) is 4.58. The van der Waals surface area contributed by atoms with Gasteiger partial charge in [-0.1, -0.05) is 102 Å². The van der Waals surface area contributed by atoms with Gasteiger partial charge in [-0.25, -0.2) is 0 Å². The molecular formula is C28H22ClN3S. The van der Waals surface area contributed by atoms with Crippen LogP contribution in [0.15, 0.2) is 120 Å². The number of rotatable bonds is 5. The lowest BCUT2D eigenvalue weighted by Gasteiger charge is -2.29. The summed E-state index contributed by atoms with van der Waals surface area (Å²) in [7, 11) is 0. The highest BCUT2D eigenvalue weighted by molar-refractivity contribution is 8.15. The zero-order valence-corrected chi connectivity index (χ0v) is 19.4. The van der Waals surface area contributed by atoms with Gasteiger partial charge >= 0.3 is 0 Å². The summed E-state index contributed by atoms with van der Waals surface area (Å²) in [6.45, 7) is 0. The van der Waals surface area contributed by atoms with E-state index in [9.17, 15) is 0 Å². The van der Waals surface area contributed by atoms with Gasteiger partial charge < -0.3 is 4.90 Å². The van der Waals surface area contributed by atoms with Gasteiger partial charge in [0.05, 0.1) is 22.7 Å². The summed E-state index contributed by atoms with van der Waals surface area (Å²) in [6.07, 6.45) is 0. The number of hydrogen-bond donors (Lipinski definition) is 1. The fraction of sp³-hybridized carbons (Fsp3) is 0.0714. The van der Waals surface area contributed by atoms with Crippen molar-refractivity contribution < 1.29 is 0 Å². The fourth-order valence-corrected chi connectivity index (χ4v) is 5.51. The van der Waals surface area contributed by atoms with Crippen LogP contribution in [0.25, 0.3) is 0 Å². The quantitative estimate of drug-likeness (QED) is 0.304. The summed E-state index contributed by atoms with van der Waals surface area (Å²) < 4.78 is 0. The molecule has 1 saturated heterocycles. The number of aliphatic imine (C=N–C) groups is 1. The second-order valence-corrected chi connectivity index (χ2v) is 9.31. The van der Waals surface area contributed by atoms with Gasteiger partial charge in [0.1, 0.15) is 0 Å². The molecule has 0 aromatic heterocycles. The van der Waals surface area contributed by atoms with E-state index in [0.29, 0.717) is 10.2 Å². The van der Waals surface area contributed by atoms with Gasteiger partial charge in [0.25, 0.3) is 0 Å². The number of thioether (sulfide) groups is 1. The van der Waals surface area contributed by atoms with Crippen LogP contribution in [0.1, 0.15) is 17.2 Å². The van der Waals surface area contributed by atoms with E-state index in [-0.39, 0.29) is 11.3 Å². The lowest BCUT2D eigenvalue weighted by atomic mass is 9.95. The van der Waals surface area contributed by atoms with Crippen LogP contribution in [0.3, 0.4) is 0 Å². The van der Waals surface area contributed by atoms with Crippen LogP contribution in [0.4, 0.5) is 11.4 Å². The van der Waals surface area contributed by atoms with Crippen LogP contribution < -0.4 is 4.90 Å². The lowest BCUT2D eigenvalue weighted by molar-refractivity contribution is 0.775. The predicted molar refractivity (Wildman–Crippen MR) is 141 cm³/mol. The van der Waals surface area contributed by atoms with E-state index in [1.807, 2.05) is 78.9 Å². The number of halogens is 1. The zero-order chi connectivity index (χ0) is 22.6. The van der Waals surface area contributed by atoms with Crippen LogP contribution in [-0.4, -0.2) is 16.1 Å². The lowest BCUT2D eigenvalue weighted by Crippen LogP contribution is -2.33. The Morgan fingerprint density at radius 2 is 1.33 bits per heavy atom. The maximum atomic E-state index is 8.94. The van der Waals surface area contributed by atoms with Gasteiger partial charge in [0.15, 0.2) is 5.17 Å². The maximum absolute atomic E-state index is 8.94. The predicted octanol–water partition coefficient (Wildman–Crippen LogP) is 7.76. The van der Waals surface area contributed by atoms with Gasteiger partial charge in [-0.2, -0.15) is 0 Å². The number of amidine groups is 1. The van der Waals surface area contributed by atoms with E-state index in [1.165, 1.54) is 0 Å². The molecule has 5 rings (SSSR count). The van der Waals surface area contributed by atoms with Gasteiger partial charge in [-0.15, -0.1) is 0 Å². The maximum Gasteiger partial charge on any atom is 0.162 e. The molecule has 1 aliphatic rings. The van der Waals surface area contributed by atoms with Crippen molar-refractivity contribution in [2.75, 3.05) is 4.90 Å². The smallest absolute Gasteiger partial charge is 0.162 e. The van der Waals surface area contributed by atoms with Crippen LogP contribution >= 0.6 is 23.4 Å². The van der Waals surface area contributed by atoms with E-state index in [4.69, 9.17) is 22.0 Å². The van der Waals surface area contributed by atoms with Crippen molar-refractivity contribution in [1.82, 2.24) is 0 Å². The fourth-order valence-electron chi connectivity index (χ4n) is 4.11. The monoisotopic (exact) mass is 467 g/mol. The molecule has 0 saturated carbocycles. The average molecular weight is 468 g/mol. The first-order valence-electron chi connectivity index (χ1n) is 10.7. The van der Waals surface area contributed by atoms with Gasteiger partial charge in [-0.3, -0.25) is 10.4 Å². The molecule has 0 radical (unpaired) electrons. The van der Waals surface area contributed by atoms with Crippen LogP contribution in [0, 0.1) is 5.41 Å². The first-order valence-corrected chi connectivity index (χ1v) is 12.0. The molecular weight excluding hydrogens is 446 g/mol. The van der Waals surface area contributed by atoms with Crippen molar-refractivity contribution in [2.24, 2.45) is 4.99 Å². The zero-order valence-electron chi connectivity index (χ0n) is 17.8. The molecule has 0 spiro atoms. The Balaban J connectivity index is 1.67. The minimum atomic E-state index is -0.0902. The highest BCUT2D eigenvalue weighted by Gasteiger charge is 2.43. The van der Waals surface area contributed by atoms with E-state index in [1.54, 1.807) is 11.8 Å². The summed E-state index contributed by atoms with van der Waals surface area (Å²) in [6, 6.07) is 38.3. The first-order chi connectivity index (χ1) is 16.2. The minimum absolute atomic E-state index is 0.0711. The molecule has 4 aromatic rings. The van der Waals surface area contributed by atoms with E-state index in [0.717, 1.165) is 28.2 Å². The summed E-state index contributed by atoms with van der Waals surface area (Å²) >= 11 is 7.70. The molecule has 0 amide bonds. The number of benzene rings is 4. The largest absolute Gasteiger partial charge is 0.312 e. The molecule has 1 heterocycles. The van der Waals surface area contributed by atoms with Crippen LogP contribution in [0.5, 0.6) is 0 Å². The second-order valence-electron chi connectivity index (χ2n) is 7.74. The van der Waals surface area contributed by atoms with Crippen molar-refractivity contribution in [3.05, 3.63) is 131 Å². The number of anilines is 1. The summed E-state index contributed by atoms with van der Waals surface area (Å²) in [4.78, 5) is 7.20. The Morgan fingerprint density at radius 1 is 0.758 bits per heavy atom. The van der Waals surface area contributed by atoms with Crippen molar-refractivity contribution in [3.63, 3.8) is 0 Å². The average Bonchev–Trinajstić information content (AvgIpc) is 3.21. The molecule has 5 heteroatoms. The molecule has 1 N–H and O–H groups in total. The Labute approximate surface area is 203 Å². The number of nitrogens with one attached hydrogen (secondary N) is 1. The normalized spacial score (nSPS) is 18.5. The van der Waals surface area contributed by atoms with E-state index in [2.05, 4.69) is 41.3 Å². The topological polar surface area (TPSA) is 39.5 Å². The van der Waals surface area contributed by atoms with Crippen molar-refractivity contribution in [3.8, 4) is 0 Å². The summed E-state index contributed by atoms with van der Waals surface area (Å²) in [5.41, 5.74) is 5.01. The first kappa shape index (κ1) is 21.5. The summed E-state index contributed by atoms with van der Waals surface area (Å²) in [5, 5.41) is 10.0. The SMILES string of the molecule is N=C1S[C@@H](C(=Nc2ccccc2)c2ccccc2)[C@@H](c2ccccc2)N1c1ccc(Cl)cc1. The second kappa shape index (κ2) is 9.65. The molecule has 162 valence electrons. The Kier molecular flexibility index (Phi) is 6.29. The van der Waals surface area contributed by atoms with Gasteiger partial charge in [0, 0.05) is 10.7 Å². The highest BCUT2D eigenvalue weighted by Crippen LogP contribution is 2.46. The number of nitrogens with zero attached hydrogens (tertiary/aromatic N) is 2. The molecule has 2 atom stereocenters. The molecule has 3 nitrogen and oxygen atoms in total. The third-order valence-corrected chi connectivity index (χ3v) is 7.02. The van der Waals surface area contributed by atoms with Crippen molar-refractivity contribution in [2.45, 2.75) is 11.3 Å². The molecule has 1 fully saturated rings. The standard InChI is InChI=1S/C28H22ClN3S/c29-22-16-18-24(19-17-22)32-26(21-12-6-2-7-13-21)27(33-28(32)30)25(20-10-4-1-5-11-20)31-23-14-8-3-9-15-23/h1-19,26-27,30H/t26-,27+/m1/s1. The Morgan fingerprint density at radius 3 is 1.97 bits per heavy atom. The molecule has 33 heavy (non-hydrogen) atoms. The summed E-state index contributed by atoms with van der Waals surface area (Å²) in [5.74, 6) is 0. The van der Waals surface area contributed by atoms with Crippen molar-refractivity contribution >= 4 is 45.6 Å². The molecule has 0 unspecified atom stereocenters.